The molecule has 1 amide bonds. The molecular weight excluding hydrogens is 358 g/mol. The number of hydrogen-bond donors (Lipinski definition) is 4. The number of amides is 1. The van der Waals surface area contributed by atoms with Crippen molar-refractivity contribution in [1.82, 2.24) is 5.32 Å². The van der Waals surface area contributed by atoms with Crippen LogP contribution in [0.3, 0.4) is 0 Å². The first-order chi connectivity index (χ1) is 13.2. The highest BCUT2D eigenvalue weighted by Crippen LogP contribution is 2.18. The van der Waals surface area contributed by atoms with Gasteiger partial charge in [0.2, 0.25) is 5.91 Å². The van der Waals surface area contributed by atoms with Gasteiger partial charge in [0, 0.05) is 18.8 Å². The molecule has 0 aliphatic heterocycles. The molecule has 7 nitrogen and oxygen atoms in total. The Morgan fingerprint density at radius 3 is 2.11 bits per heavy atom. The minimum absolute atomic E-state index is 0.0566. The van der Waals surface area contributed by atoms with Gasteiger partial charge < -0.3 is 21.9 Å². The molecule has 28 heavy (non-hydrogen) atoms. The first-order valence-electron chi connectivity index (χ1n) is 10.6. The molecule has 164 valence electrons. The minimum Gasteiger partial charge on any atom is -0.393 e. The summed E-state index contributed by atoms with van der Waals surface area (Å²) >= 11 is 0. The molecule has 0 heterocycles. The summed E-state index contributed by atoms with van der Waals surface area (Å²) < 4.78 is 0. The van der Waals surface area contributed by atoms with Crippen molar-refractivity contribution in [2.75, 3.05) is 13.1 Å². The minimum atomic E-state index is -0.993. The lowest BCUT2D eigenvalue weighted by Crippen LogP contribution is -2.48. The molecule has 0 aliphatic carbocycles. The van der Waals surface area contributed by atoms with Crippen LogP contribution in [0.4, 0.5) is 0 Å². The van der Waals surface area contributed by atoms with E-state index in [4.69, 9.17) is 11.5 Å². The molecule has 0 fully saturated rings. The molecule has 1 unspecified atom stereocenters. The number of ketones is 2. The lowest BCUT2D eigenvalue weighted by atomic mass is 9.89. The summed E-state index contributed by atoms with van der Waals surface area (Å²) in [7, 11) is 0. The van der Waals surface area contributed by atoms with Crippen molar-refractivity contribution in [3.63, 3.8) is 0 Å². The highest BCUT2D eigenvalue weighted by molar-refractivity contribution is 5.92. The average Bonchev–Trinajstić information content (AvgIpc) is 2.63. The van der Waals surface area contributed by atoms with Crippen LogP contribution in [0.1, 0.15) is 72.6 Å². The monoisotopic (exact) mass is 399 g/mol. The third-order valence-corrected chi connectivity index (χ3v) is 5.12. The number of unbranched alkanes of at least 4 members (excludes halogenated alkanes) is 2. The third-order valence-electron chi connectivity index (χ3n) is 5.12. The zero-order valence-electron chi connectivity index (χ0n) is 18.1. The summed E-state index contributed by atoms with van der Waals surface area (Å²) in [6.45, 7) is 7.83. The average molecular weight is 400 g/mol. The van der Waals surface area contributed by atoms with E-state index in [9.17, 15) is 19.5 Å². The van der Waals surface area contributed by atoms with Crippen LogP contribution in [0.2, 0.25) is 0 Å². The molecule has 0 aromatic heterocycles. The number of carbonyl (C=O) groups is 3. The summed E-state index contributed by atoms with van der Waals surface area (Å²) in [4.78, 5) is 37.4. The molecule has 6 N–H and O–H groups in total. The Bertz CT molecular complexity index is 480. The molecule has 0 aromatic carbocycles. The van der Waals surface area contributed by atoms with E-state index in [2.05, 4.69) is 12.2 Å². The van der Waals surface area contributed by atoms with Gasteiger partial charge in [-0.25, -0.2) is 0 Å². The zero-order chi connectivity index (χ0) is 21.7. The fraction of sp³-hybridized carbons (Fsp3) is 0.857. The van der Waals surface area contributed by atoms with Gasteiger partial charge in [-0.3, -0.25) is 14.4 Å². The molecule has 0 aliphatic rings. The number of Topliss-reactive ketones (excluding diaryl/α,β-unsaturated/α-hetero) is 2. The Labute approximate surface area is 170 Å². The van der Waals surface area contributed by atoms with Crippen molar-refractivity contribution in [2.45, 2.75) is 84.8 Å². The molecule has 0 saturated heterocycles. The predicted octanol–water partition coefficient (Wildman–Crippen LogP) is 1.55. The summed E-state index contributed by atoms with van der Waals surface area (Å²) in [6, 6.07) is -0.695. The van der Waals surface area contributed by atoms with Gasteiger partial charge in [-0.15, -0.1) is 0 Å². The number of aliphatic hydroxyl groups is 1. The fourth-order valence-corrected chi connectivity index (χ4v) is 3.25. The molecule has 0 rings (SSSR count). The summed E-state index contributed by atoms with van der Waals surface area (Å²) in [6.07, 6.45) is 3.73. The molecule has 7 heteroatoms. The van der Waals surface area contributed by atoms with E-state index in [1.165, 1.54) is 6.92 Å². The van der Waals surface area contributed by atoms with Gasteiger partial charge in [0.15, 0.2) is 5.78 Å². The number of nitrogens with two attached hydrogens (primary N) is 2. The van der Waals surface area contributed by atoms with Gasteiger partial charge >= 0.3 is 0 Å². The van der Waals surface area contributed by atoms with E-state index >= 15 is 0 Å². The van der Waals surface area contributed by atoms with E-state index < -0.39 is 24.0 Å². The number of nitrogens with one attached hydrogen (secondary N) is 1. The van der Waals surface area contributed by atoms with E-state index in [0.29, 0.717) is 19.4 Å². The summed E-state index contributed by atoms with van der Waals surface area (Å²) in [5, 5.41) is 12.7. The predicted molar refractivity (Wildman–Crippen MR) is 112 cm³/mol. The second-order valence-corrected chi connectivity index (χ2v) is 8.09. The normalized spacial score (nSPS) is 15.7. The van der Waals surface area contributed by atoms with Crippen LogP contribution in [-0.2, 0) is 14.4 Å². The van der Waals surface area contributed by atoms with Crippen molar-refractivity contribution in [2.24, 2.45) is 29.2 Å². The van der Waals surface area contributed by atoms with Gasteiger partial charge in [-0.1, -0.05) is 40.0 Å². The maximum Gasteiger partial charge on any atom is 0.226 e. The Balaban J connectivity index is 4.92. The van der Waals surface area contributed by atoms with Gasteiger partial charge in [0.05, 0.1) is 18.1 Å². The molecule has 4 atom stereocenters. The summed E-state index contributed by atoms with van der Waals surface area (Å²) in [5.41, 5.74) is 11.3. The van der Waals surface area contributed by atoms with E-state index in [1.807, 2.05) is 0 Å². The fourth-order valence-electron chi connectivity index (χ4n) is 3.25. The van der Waals surface area contributed by atoms with Crippen LogP contribution in [0.25, 0.3) is 0 Å². The maximum absolute atomic E-state index is 12.7. The Hall–Kier alpha value is -1.31. The first kappa shape index (κ1) is 26.7. The number of carbonyl (C=O) groups excluding carboxylic acids is 3. The molecular formula is C21H41N3O4. The lowest BCUT2D eigenvalue weighted by molar-refractivity contribution is -0.136. The topological polar surface area (TPSA) is 136 Å². The van der Waals surface area contributed by atoms with Crippen LogP contribution in [-0.4, -0.2) is 47.8 Å². The van der Waals surface area contributed by atoms with E-state index in [1.54, 1.807) is 13.8 Å². The van der Waals surface area contributed by atoms with Crippen LogP contribution in [0, 0.1) is 17.8 Å². The number of hydrogen-bond acceptors (Lipinski definition) is 6. The number of aliphatic hydroxyl groups excluding tert-OH is 1. The van der Waals surface area contributed by atoms with Crippen molar-refractivity contribution < 1.29 is 19.5 Å². The Kier molecular flexibility index (Phi) is 14.0. The standard InChI is InChI=1S/C21H41N3O4/c1-5-6-7-8-16(13-23)11-17(26)12-18(15(4)25)21(28)24-19(9-10-22)20(27)14(2)3/h14-16,18-19,25H,5-13,22-23H2,1-4H3,(H,24,28)/t15-,16?,18-,19-/m0/s1. The molecule has 0 aromatic rings. The largest absolute Gasteiger partial charge is 0.393 e. The highest BCUT2D eigenvalue weighted by atomic mass is 16.3. The summed E-state index contributed by atoms with van der Waals surface area (Å²) in [5.74, 6) is -1.69. The van der Waals surface area contributed by atoms with Crippen molar-refractivity contribution >= 4 is 17.5 Å². The zero-order valence-corrected chi connectivity index (χ0v) is 18.1. The van der Waals surface area contributed by atoms with E-state index in [0.717, 1.165) is 25.7 Å². The van der Waals surface area contributed by atoms with Crippen LogP contribution >= 0.6 is 0 Å². The maximum atomic E-state index is 12.7. The van der Waals surface area contributed by atoms with E-state index in [-0.39, 0.29) is 36.4 Å². The third kappa shape index (κ3) is 10.3. The van der Waals surface area contributed by atoms with Crippen LogP contribution in [0.15, 0.2) is 0 Å². The first-order valence-corrected chi connectivity index (χ1v) is 10.6. The second kappa shape index (κ2) is 14.7. The lowest BCUT2D eigenvalue weighted by Gasteiger charge is -2.24. The van der Waals surface area contributed by atoms with Gasteiger partial charge in [0.1, 0.15) is 5.78 Å². The number of rotatable bonds is 16. The van der Waals surface area contributed by atoms with Gasteiger partial charge in [0.25, 0.3) is 0 Å². The van der Waals surface area contributed by atoms with Crippen molar-refractivity contribution in [1.29, 1.82) is 0 Å². The van der Waals surface area contributed by atoms with Gasteiger partial charge in [-0.05, 0) is 38.8 Å². The molecule has 0 spiro atoms. The molecule has 0 saturated carbocycles. The Morgan fingerprint density at radius 1 is 1.00 bits per heavy atom. The van der Waals surface area contributed by atoms with Crippen LogP contribution in [0.5, 0.6) is 0 Å². The highest BCUT2D eigenvalue weighted by Gasteiger charge is 2.31. The smallest absolute Gasteiger partial charge is 0.226 e. The van der Waals surface area contributed by atoms with Crippen molar-refractivity contribution in [3.8, 4) is 0 Å². The van der Waals surface area contributed by atoms with Gasteiger partial charge in [-0.2, -0.15) is 0 Å². The van der Waals surface area contributed by atoms with Crippen LogP contribution < -0.4 is 16.8 Å². The second-order valence-electron chi connectivity index (χ2n) is 8.09. The quantitative estimate of drug-likeness (QED) is 0.291. The molecule has 0 bridgehead atoms. The van der Waals surface area contributed by atoms with Crippen molar-refractivity contribution in [3.05, 3.63) is 0 Å². The molecule has 0 radical (unpaired) electrons. The SMILES string of the molecule is CCCCCC(CN)CC(=O)C[C@H](C(=O)N[C@@H](CCN)C(=O)C(C)C)[C@H](C)O. The Morgan fingerprint density at radius 2 is 1.64 bits per heavy atom.